The molecule has 0 aliphatic heterocycles. The topological polar surface area (TPSA) is 70.1 Å². The van der Waals surface area contributed by atoms with E-state index < -0.39 is 0 Å². The Kier molecular flexibility index (Phi) is 6.56. The van der Waals surface area contributed by atoms with Crippen LogP contribution in [0.1, 0.15) is 39.2 Å². The van der Waals surface area contributed by atoms with Gasteiger partial charge in [0.25, 0.3) is 0 Å². The van der Waals surface area contributed by atoms with Crippen molar-refractivity contribution in [1.29, 1.82) is 0 Å². The monoisotopic (exact) mass is 266 g/mol. The van der Waals surface area contributed by atoms with Crippen molar-refractivity contribution in [2.75, 3.05) is 23.7 Å². The van der Waals surface area contributed by atoms with Crippen LogP contribution >= 0.6 is 0 Å². The van der Waals surface area contributed by atoms with Crippen LogP contribution in [0.4, 0.5) is 11.6 Å². The summed E-state index contributed by atoms with van der Waals surface area (Å²) < 4.78 is 0. The molecule has 0 fully saturated rings. The van der Waals surface area contributed by atoms with Gasteiger partial charge in [-0.05, 0) is 25.7 Å². The molecule has 19 heavy (non-hydrogen) atoms. The second-order valence-electron chi connectivity index (χ2n) is 5.29. The van der Waals surface area contributed by atoms with Gasteiger partial charge in [-0.3, -0.25) is 0 Å². The summed E-state index contributed by atoms with van der Waals surface area (Å²) in [4.78, 5) is 8.45. The molecule has 0 spiro atoms. The van der Waals surface area contributed by atoms with Gasteiger partial charge in [-0.2, -0.15) is 0 Å². The van der Waals surface area contributed by atoms with Gasteiger partial charge in [0.05, 0.1) is 6.10 Å². The molecule has 0 aliphatic carbocycles. The fourth-order valence-electron chi connectivity index (χ4n) is 1.89. The number of aromatic nitrogens is 2. The van der Waals surface area contributed by atoms with Crippen LogP contribution in [0.15, 0.2) is 6.33 Å². The van der Waals surface area contributed by atoms with Crippen LogP contribution in [0.5, 0.6) is 0 Å². The first-order valence-corrected chi connectivity index (χ1v) is 7.02. The first-order chi connectivity index (χ1) is 9.04. The molecule has 1 unspecified atom stereocenters. The number of aliphatic hydroxyl groups excluding tert-OH is 1. The third kappa shape index (κ3) is 5.42. The lowest BCUT2D eigenvalue weighted by Gasteiger charge is -2.16. The number of aliphatic hydroxyl groups is 1. The summed E-state index contributed by atoms with van der Waals surface area (Å²) in [6, 6.07) is 0. The highest BCUT2D eigenvalue weighted by Crippen LogP contribution is 2.18. The molecule has 0 saturated heterocycles. The van der Waals surface area contributed by atoms with Gasteiger partial charge in [0.15, 0.2) is 0 Å². The highest BCUT2D eigenvalue weighted by molar-refractivity contribution is 5.56. The Balaban J connectivity index is 2.58. The van der Waals surface area contributed by atoms with Gasteiger partial charge in [0, 0.05) is 18.7 Å². The largest absolute Gasteiger partial charge is 0.391 e. The third-order valence-corrected chi connectivity index (χ3v) is 2.88. The zero-order valence-corrected chi connectivity index (χ0v) is 12.4. The van der Waals surface area contributed by atoms with Crippen LogP contribution in [0.2, 0.25) is 0 Å². The van der Waals surface area contributed by atoms with Crippen LogP contribution in [0.3, 0.4) is 0 Å². The first-order valence-electron chi connectivity index (χ1n) is 7.02. The molecule has 1 rings (SSSR count). The Bertz CT molecular complexity index is 382. The fourth-order valence-corrected chi connectivity index (χ4v) is 1.89. The van der Waals surface area contributed by atoms with E-state index in [1.165, 1.54) is 0 Å². The predicted molar refractivity (Wildman–Crippen MR) is 79.5 cm³/mol. The number of nitrogens with zero attached hydrogens (tertiary/aromatic N) is 2. The summed E-state index contributed by atoms with van der Waals surface area (Å²) in [5.41, 5.74) is 0.993. The normalized spacial score (nSPS) is 12.5. The zero-order chi connectivity index (χ0) is 14.3. The number of rotatable bonds is 8. The molecule has 5 heteroatoms. The Morgan fingerprint density at radius 3 is 2.42 bits per heavy atom. The molecule has 0 aromatic carbocycles. The minimum Gasteiger partial charge on any atom is -0.391 e. The minimum absolute atomic E-state index is 0.346. The van der Waals surface area contributed by atoms with Crippen molar-refractivity contribution < 1.29 is 5.11 Å². The second kappa shape index (κ2) is 7.94. The Labute approximate surface area is 115 Å². The number of anilines is 2. The highest BCUT2D eigenvalue weighted by atomic mass is 16.3. The van der Waals surface area contributed by atoms with Crippen LogP contribution in [-0.2, 0) is 0 Å². The molecule has 1 heterocycles. The number of nitrogens with one attached hydrogen (secondary N) is 2. The summed E-state index contributed by atoms with van der Waals surface area (Å²) >= 11 is 0. The lowest BCUT2D eigenvalue weighted by atomic mass is 10.1. The van der Waals surface area contributed by atoms with Crippen LogP contribution in [-0.4, -0.2) is 34.3 Å². The van der Waals surface area contributed by atoms with E-state index in [1.807, 2.05) is 6.92 Å². The number of hydrogen-bond acceptors (Lipinski definition) is 5. The molecule has 0 bridgehead atoms. The molecular formula is C14H26N4O. The average Bonchev–Trinajstić information content (AvgIpc) is 2.35. The van der Waals surface area contributed by atoms with Crippen LogP contribution in [0, 0.1) is 12.8 Å². The van der Waals surface area contributed by atoms with Crippen molar-refractivity contribution in [2.45, 2.75) is 46.6 Å². The standard InChI is InChI=1S/C14H26N4O/c1-5-6-15-13-11(4)14(18-9-17-13)16-8-12(19)7-10(2)3/h9-10,12,19H,5-8H2,1-4H3,(H2,15,16,17,18). The van der Waals surface area contributed by atoms with Gasteiger partial charge in [0.2, 0.25) is 0 Å². The summed E-state index contributed by atoms with van der Waals surface area (Å²) in [6.45, 7) is 9.72. The van der Waals surface area contributed by atoms with Gasteiger partial charge in [-0.1, -0.05) is 20.8 Å². The lowest BCUT2D eigenvalue weighted by Crippen LogP contribution is -2.22. The van der Waals surface area contributed by atoms with Gasteiger partial charge in [-0.15, -0.1) is 0 Å². The van der Waals surface area contributed by atoms with E-state index in [4.69, 9.17) is 0 Å². The van der Waals surface area contributed by atoms with Crippen molar-refractivity contribution in [3.05, 3.63) is 11.9 Å². The average molecular weight is 266 g/mol. The summed E-state index contributed by atoms with van der Waals surface area (Å²) in [5.74, 6) is 2.14. The van der Waals surface area contributed by atoms with Gasteiger partial charge >= 0.3 is 0 Å². The molecule has 3 N–H and O–H groups in total. The maximum atomic E-state index is 9.86. The molecule has 1 aromatic rings. The van der Waals surface area contributed by atoms with Crippen molar-refractivity contribution in [2.24, 2.45) is 5.92 Å². The molecule has 0 saturated carbocycles. The van der Waals surface area contributed by atoms with Crippen molar-refractivity contribution in [3.63, 3.8) is 0 Å². The molecule has 1 aromatic heterocycles. The van der Waals surface area contributed by atoms with Gasteiger partial charge in [-0.25, -0.2) is 9.97 Å². The molecule has 108 valence electrons. The SMILES string of the molecule is CCCNc1ncnc(NCC(O)CC(C)C)c1C. The predicted octanol–water partition coefficient (Wildman–Crippen LogP) is 2.43. The molecule has 1 atom stereocenters. The van der Waals surface area contributed by atoms with E-state index >= 15 is 0 Å². The number of hydrogen-bond donors (Lipinski definition) is 3. The van der Waals surface area contributed by atoms with Crippen molar-refractivity contribution in [3.8, 4) is 0 Å². The van der Waals surface area contributed by atoms with Crippen LogP contribution in [0.25, 0.3) is 0 Å². The van der Waals surface area contributed by atoms with E-state index in [2.05, 4.69) is 41.4 Å². The quantitative estimate of drug-likeness (QED) is 0.674. The maximum absolute atomic E-state index is 9.86. The third-order valence-electron chi connectivity index (χ3n) is 2.88. The first kappa shape index (κ1) is 15.7. The molecule has 0 aliphatic rings. The molecule has 0 radical (unpaired) electrons. The summed E-state index contributed by atoms with van der Waals surface area (Å²) in [7, 11) is 0. The Morgan fingerprint density at radius 1 is 1.21 bits per heavy atom. The van der Waals surface area contributed by atoms with Gasteiger partial charge < -0.3 is 15.7 Å². The van der Waals surface area contributed by atoms with Crippen molar-refractivity contribution in [1.82, 2.24) is 9.97 Å². The zero-order valence-electron chi connectivity index (χ0n) is 12.4. The lowest BCUT2D eigenvalue weighted by molar-refractivity contribution is 0.161. The Morgan fingerprint density at radius 2 is 1.84 bits per heavy atom. The molecule has 0 amide bonds. The minimum atomic E-state index is -0.346. The summed E-state index contributed by atoms with van der Waals surface area (Å²) in [6.07, 6.45) is 3.04. The molecule has 5 nitrogen and oxygen atoms in total. The van der Waals surface area contributed by atoms with E-state index in [9.17, 15) is 5.11 Å². The van der Waals surface area contributed by atoms with Crippen molar-refractivity contribution >= 4 is 11.6 Å². The fraction of sp³-hybridized carbons (Fsp3) is 0.714. The maximum Gasteiger partial charge on any atom is 0.134 e. The van der Waals surface area contributed by atoms with E-state index in [-0.39, 0.29) is 6.10 Å². The second-order valence-corrected chi connectivity index (χ2v) is 5.29. The van der Waals surface area contributed by atoms with E-state index in [0.717, 1.165) is 36.6 Å². The van der Waals surface area contributed by atoms with Gasteiger partial charge in [0.1, 0.15) is 18.0 Å². The summed E-state index contributed by atoms with van der Waals surface area (Å²) in [5, 5.41) is 16.3. The van der Waals surface area contributed by atoms with E-state index in [0.29, 0.717) is 12.5 Å². The highest BCUT2D eigenvalue weighted by Gasteiger charge is 2.10. The Hall–Kier alpha value is -1.36. The van der Waals surface area contributed by atoms with E-state index in [1.54, 1.807) is 6.33 Å². The van der Waals surface area contributed by atoms with Crippen LogP contribution < -0.4 is 10.6 Å². The smallest absolute Gasteiger partial charge is 0.134 e. The molecular weight excluding hydrogens is 240 g/mol.